The number of piperidine rings is 1. The number of anilines is 2. The number of amides is 2. The van der Waals surface area contributed by atoms with Crippen LogP contribution in [0.5, 0.6) is 0 Å². The van der Waals surface area contributed by atoms with Gasteiger partial charge in [0.15, 0.2) is 0 Å². The van der Waals surface area contributed by atoms with Crippen LogP contribution in [0.1, 0.15) is 19.8 Å². The summed E-state index contributed by atoms with van der Waals surface area (Å²) in [6, 6.07) is 20.2. The van der Waals surface area contributed by atoms with Crippen molar-refractivity contribution in [3.8, 4) is 0 Å². The van der Waals surface area contributed by atoms with E-state index in [0.717, 1.165) is 31.6 Å². The number of para-hydroxylation sites is 2. The number of hydrogen-bond donors (Lipinski definition) is 3. The third kappa shape index (κ3) is 3.92. The molecule has 5 heteroatoms. The Kier molecular flexibility index (Phi) is 5.01. The van der Waals surface area contributed by atoms with Crippen LogP contribution in [0.15, 0.2) is 60.7 Å². The monoisotopic (exact) mass is 362 g/mol. The van der Waals surface area contributed by atoms with Gasteiger partial charge in [-0.2, -0.15) is 0 Å². The average Bonchev–Trinajstić information content (AvgIpc) is 3.13. The second kappa shape index (κ2) is 7.74. The van der Waals surface area contributed by atoms with Crippen molar-refractivity contribution in [2.75, 3.05) is 23.3 Å². The summed E-state index contributed by atoms with van der Waals surface area (Å²) < 4.78 is 0. The van der Waals surface area contributed by atoms with Crippen molar-refractivity contribution in [1.29, 1.82) is 0 Å². The first kappa shape index (κ1) is 17.5. The maximum Gasteiger partial charge on any atom is 0.319 e. The van der Waals surface area contributed by atoms with Crippen molar-refractivity contribution in [3.63, 3.8) is 0 Å². The molecule has 1 aliphatic rings. The van der Waals surface area contributed by atoms with Crippen LogP contribution in [0.25, 0.3) is 10.9 Å². The number of nitrogens with zero attached hydrogens (tertiary/aromatic N) is 1. The maximum atomic E-state index is 12.4. The number of nitrogens with one attached hydrogen (secondary N) is 3. The van der Waals surface area contributed by atoms with E-state index in [1.165, 1.54) is 16.7 Å². The van der Waals surface area contributed by atoms with Crippen LogP contribution in [0.2, 0.25) is 0 Å². The lowest BCUT2D eigenvalue weighted by atomic mass is 9.90. The summed E-state index contributed by atoms with van der Waals surface area (Å²) in [6.45, 7) is 4.07. The molecule has 1 saturated heterocycles. The third-order valence-corrected chi connectivity index (χ3v) is 5.46. The summed E-state index contributed by atoms with van der Waals surface area (Å²) in [5.74, 6) is 1.59. The Balaban J connectivity index is 1.40. The molecule has 3 N–H and O–H groups in total. The Labute approximate surface area is 159 Å². The van der Waals surface area contributed by atoms with Crippen LogP contribution in [-0.4, -0.2) is 30.1 Å². The molecule has 2 aromatic carbocycles. The highest BCUT2D eigenvalue weighted by Crippen LogP contribution is 2.27. The maximum absolute atomic E-state index is 12.4. The molecule has 0 saturated carbocycles. The van der Waals surface area contributed by atoms with E-state index < -0.39 is 0 Å². The van der Waals surface area contributed by atoms with Crippen LogP contribution in [0.3, 0.4) is 0 Å². The molecule has 4 rings (SSSR count). The van der Waals surface area contributed by atoms with Crippen molar-refractivity contribution in [2.45, 2.75) is 25.8 Å². The third-order valence-electron chi connectivity index (χ3n) is 5.46. The highest BCUT2D eigenvalue weighted by Gasteiger charge is 2.30. The fraction of sp³-hybridized carbons (Fsp3) is 0.318. The van der Waals surface area contributed by atoms with Crippen LogP contribution in [-0.2, 0) is 0 Å². The first-order valence-corrected chi connectivity index (χ1v) is 9.68. The van der Waals surface area contributed by atoms with Gasteiger partial charge >= 0.3 is 6.03 Å². The molecule has 2 atom stereocenters. The molecular weight excluding hydrogens is 336 g/mol. The first-order chi connectivity index (χ1) is 13.2. The lowest BCUT2D eigenvalue weighted by molar-refractivity contribution is 0.235. The molecule has 0 aliphatic carbocycles. The van der Waals surface area contributed by atoms with Crippen molar-refractivity contribution >= 4 is 28.4 Å². The zero-order chi connectivity index (χ0) is 18.6. The Morgan fingerprint density at radius 1 is 1.15 bits per heavy atom. The van der Waals surface area contributed by atoms with E-state index in [4.69, 9.17) is 0 Å². The second-order valence-electron chi connectivity index (χ2n) is 7.22. The smallest absolute Gasteiger partial charge is 0.319 e. The molecule has 27 heavy (non-hydrogen) atoms. The lowest BCUT2D eigenvalue weighted by Gasteiger charge is -2.39. The number of urea groups is 1. The molecule has 3 aromatic rings. The lowest BCUT2D eigenvalue weighted by Crippen LogP contribution is -2.51. The summed E-state index contributed by atoms with van der Waals surface area (Å²) in [7, 11) is 0. The summed E-state index contributed by atoms with van der Waals surface area (Å²) in [4.78, 5) is 18.3. The SMILES string of the molecule is CCC1CN(c2cc3ccccc3[nH]2)CCC1NC(=O)Nc1ccccc1. The molecule has 2 amide bonds. The highest BCUT2D eigenvalue weighted by atomic mass is 16.2. The van der Waals surface area contributed by atoms with E-state index in [1.54, 1.807) is 0 Å². The number of H-pyrrole nitrogens is 1. The zero-order valence-corrected chi connectivity index (χ0v) is 15.6. The molecule has 5 nitrogen and oxygen atoms in total. The molecule has 140 valence electrons. The fourth-order valence-electron chi connectivity index (χ4n) is 3.94. The minimum atomic E-state index is -0.122. The number of benzene rings is 2. The number of hydrogen-bond acceptors (Lipinski definition) is 2. The molecule has 1 fully saturated rings. The Morgan fingerprint density at radius 2 is 1.93 bits per heavy atom. The highest BCUT2D eigenvalue weighted by molar-refractivity contribution is 5.89. The number of carbonyl (C=O) groups is 1. The van der Waals surface area contributed by atoms with Crippen molar-refractivity contribution in [3.05, 3.63) is 60.7 Å². The largest absolute Gasteiger partial charge is 0.358 e. The molecular formula is C22H26N4O. The Bertz CT molecular complexity index is 872. The fourth-order valence-corrected chi connectivity index (χ4v) is 3.94. The van der Waals surface area contributed by atoms with Gasteiger partial charge in [-0.15, -0.1) is 0 Å². The van der Waals surface area contributed by atoms with Gasteiger partial charge in [-0.3, -0.25) is 0 Å². The van der Waals surface area contributed by atoms with E-state index in [2.05, 4.69) is 57.8 Å². The van der Waals surface area contributed by atoms with Gasteiger partial charge in [0, 0.05) is 35.7 Å². The zero-order valence-electron chi connectivity index (χ0n) is 15.6. The number of aromatic nitrogens is 1. The van der Waals surface area contributed by atoms with Crippen molar-refractivity contribution < 1.29 is 4.79 Å². The quantitative estimate of drug-likeness (QED) is 0.635. The Hall–Kier alpha value is -2.95. The number of aromatic amines is 1. The number of fused-ring (bicyclic) bond motifs is 1. The van der Waals surface area contributed by atoms with E-state index in [1.807, 2.05) is 30.3 Å². The van der Waals surface area contributed by atoms with Gasteiger partial charge in [-0.25, -0.2) is 4.79 Å². The molecule has 2 unspecified atom stereocenters. The normalized spacial score (nSPS) is 19.8. The summed E-state index contributed by atoms with van der Waals surface area (Å²) in [5, 5.41) is 7.34. The van der Waals surface area contributed by atoms with Gasteiger partial charge in [0.05, 0.1) is 0 Å². The van der Waals surface area contributed by atoms with E-state index in [-0.39, 0.29) is 12.1 Å². The first-order valence-electron chi connectivity index (χ1n) is 9.68. The van der Waals surface area contributed by atoms with Gasteiger partial charge in [0.2, 0.25) is 0 Å². The second-order valence-corrected chi connectivity index (χ2v) is 7.22. The summed E-state index contributed by atoms with van der Waals surface area (Å²) in [5.41, 5.74) is 1.99. The number of carbonyl (C=O) groups excluding carboxylic acids is 1. The minimum Gasteiger partial charge on any atom is -0.358 e. The topological polar surface area (TPSA) is 60.2 Å². The van der Waals surface area contributed by atoms with Crippen LogP contribution in [0, 0.1) is 5.92 Å². The Morgan fingerprint density at radius 3 is 2.70 bits per heavy atom. The average molecular weight is 362 g/mol. The summed E-state index contributed by atoms with van der Waals surface area (Å²) in [6.07, 6.45) is 1.98. The van der Waals surface area contributed by atoms with Gasteiger partial charge in [0.1, 0.15) is 5.82 Å². The molecule has 1 aliphatic heterocycles. The van der Waals surface area contributed by atoms with Gasteiger partial charge in [0.25, 0.3) is 0 Å². The predicted molar refractivity (Wildman–Crippen MR) is 111 cm³/mol. The van der Waals surface area contributed by atoms with Gasteiger partial charge in [-0.1, -0.05) is 43.3 Å². The number of rotatable bonds is 4. The van der Waals surface area contributed by atoms with E-state index in [9.17, 15) is 4.79 Å². The van der Waals surface area contributed by atoms with E-state index in [0.29, 0.717) is 5.92 Å². The van der Waals surface area contributed by atoms with Crippen LogP contribution < -0.4 is 15.5 Å². The van der Waals surface area contributed by atoms with Gasteiger partial charge in [-0.05, 0) is 43.0 Å². The molecule has 2 heterocycles. The van der Waals surface area contributed by atoms with E-state index >= 15 is 0 Å². The van der Waals surface area contributed by atoms with Gasteiger partial charge < -0.3 is 20.5 Å². The minimum absolute atomic E-state index is 0.122. The standard InChI is InChI=1S/C22H26N4O/c1-2-16-15-26(21-14-17-8-6-7-11-19(17)24-21)13-12-20(16)25-22(27)23-18-9-4-3-5-10-18/h3-11,14,16,20,24H,2,12-13,15H2,1H3,(H2,23,25,27). The molecule has 0 bridgehead atoms. The molecule has 1 aromatic heterocycles. The van der Waals surface area contributed by atoms with Crippen molar-refractivity contribution in [2.24, 2.45) is 5.92 Å². The summed E-state index contributed by atoms with van der Waals surface area (Å²) >= 11 is 0. The van der Waals surface area contributed by atoms with Crippen LogP contribution in [0.4, 0.5) is 16.3 Å². The van der Waals surface area contributed by atoms with Crippen LogP contribution >= 0.6 is 0 Å². The molecule has 0 spiro atoms. The van der Waals surface area contributed by atoms with Crippen molar-refractivity contribution in [1.82, 2.24) is 10.3 Å². The molecule has 0 radical (unpaired) electrons. The predicted octanol–water partition coefficient (Wildman–Crippen LogP) is 4.59.